The third-order valence-corrected chi connectivity index (χ3v) is 7.66. The third kappa shape index (κ3) is 5.18. The molecule has 1 saturated carbocycles. The van der Waals surface area contributed by atoms with E-state index in [1.165, 1.54) is 24.1 Å². The van der Waals surface area contributed by atoms with E-state index in [0.29, 0.717) is 12.3 Å². The molecular formula is C31H31N3O. The highest BCUT2D eigenvalue weighted by atomic mass is 16.5. The Kier molecular flexibility index (Phi) is 6.73. The molecular weight excluding hydrogens is 430 g/mol. The number of hydrogen-bond donors (Lipinski definition) is 0. The van der Waals surface area contributed by atoms with Crippen LogP contribution in [0, 0.1) is 17.9 Å². The average molecular weight is 462 g/mol. The minimum Gasteiger partial charge on any atom is -0.487 e. The van der Waals surface area contributed by atoms with Crippen LogP contribution in [0.25, 0.3) is 10.9 Å². The topological polar surface area (TPSA) is 40.6 Å². The third-order valence-electron chi connectivity index (χ3n) is 7.66. The fourth-order valence-corrected chi connectivity index (χ4v) is 5.76. The van der Waals surface area contributed by atoms with E-state index in [4.69, 9.17) is 11.3 Å². The maximum absolute atomic E-state index is 9.40. The first-order valence-corrected chi connectivity index (χ1v) is 12.7. The predicted octanol–water partition coefficient (Wildman–Crippen LogP) is 7.40. The van der Waals surface area contributed by atoms with Crippen molar-refractivity contribution < 1.29 is 4.74 Å². The number of anilines is 1. The van der Waals surface area contributed by atoms with Crippen LogP contribution < -0.4 is 4.90 Å². The second-order valence-corrected chi connectivity index (χ2v) is 9.91. The molecule has 2 aromatic rings. The SMILES string of the molecule is [C-]#[N+]/C(C#N)=C1C=C(/C=C/c2ccc(N3CCC(c4ccccc4)CC3)cc2)OC2(CCCC2)C\1. The van der Waals surface area contributed by atoms with Gasteiger partial charge in [0.15, 0.2) is 0 Å². The Morgan fingerprint density at radius 1 is 1.03 bits per heavy atom. The molecule has 1 spiro atoms. The zero-order valence-corrected chi connectivity index (χ0v) is 20.1. The van der Waals surface area contributed by atoms with Crippen LogP contribution in [-0.2, 0) is 4.74 Å². The second-order valence-electron chi connectivity index (χ2n) is 9.91. The average Bonchev–Trinajstić information content (AvgIpc) is 3.36. The van der Waals surface area contributed by atoms with Crippen LogP contribution in [0.15, 0.2) is 83.8 Å². The second kappa shape index (κ2) is 10.2. The van der Waals surface area contributed by atoms with Crippen molar-refractivity contribution in [1.29, 1.82) is 5.26 Å². The maximum atomic E-state index is 9.40. The molecule has 0 N–H and O–H groups in total. The molecule has 1 aliphatic carbocycles. The lowest BCUT2D eigenvalue weighted by molar-refractivity contribution is 0.00776. The molecule has 0 radical (unpaired) electrons. The van der Waals surface area contributed by atoms with Gasteiger partial charge in [0.05, 0.1) is 12.6 Å². The lowest BCUT2D eigenvalue weighted by Crippen LogP contribution is -2.32. The Morgan fingerprint density at radius 3 is 2.40 bits per heavy atom. The van der Waals surface area contributed by atoms with E-state index < -0.39 is 0 Å². The molecule has 176 valence electrons. The fraction of sp³-hybridized carbons (Fsp3) is 0.355. The van der Waals surface area contributed by atoms with E-state index >= 15 is 0 Å². The van der Waals surface area contributed by atoms with Crippen molar-refractivity contribution in [2.24, 2.45) is 0 Å². The van der Waals surface area contributed by atoms with Gasteiger partial charge in [-0.15, -0.1) is 0 Å². The van der Waals surface area contributed by atoms with Gasteiger partial charge in [0, 0.05) is 25.2 Å². The Hall–Kier alpha value is -3.76. The number of allylic oxidation sites excluding steroid dienone is 3. The molecule has 0 amide bonds. The van der Waals surface area contributed by atoms with Crippen molar-refractivity contribution in [3.63, 3.8) is 0 Å². The van der Waals surface area contributed by atoms with Gasteiger partial charge in [-0.2, -0.15) is 0 Å². The number of nitrogens with zero attached hydrogens (tertiary/aromatic N) is 3. The van der Waals surface area contributed by atoms with Gasteiger partial charge in [-0.1, -0.05) is 48.5 Å². The number of piperidine rings is 1. The summed E-state index contributed by atoms with van der Waals surface area (Å²) in [4.78, 5) is 5.93. The highest BCUT2D eigenvalue weighted by Gasteiger charge is 2.39. The Morgan fingerprint density at radius 2 is 1.74 bits per heavy atom. The molecule has 5 rings (SSSR count). The van der Waals surface area contributed by atoms with Gasteiger partial charge in [0.2, 0.25) is 0 Å². The summed E-state index contributed by atoms with van der Waals surface area (Å²) < 4.78 is 6.41. The summed E-state index contributed by atoms with van der Waals surface area (Å²) in [5.74, 6) is 1.40. The summed E-state index contributed by atoms with van der Waals surface area (Å²) in [6.45, 7) is 9.53. The van der Waals surface area contributed by atoms with E-state index in [9.17, 15) is 5.26 Å². The zero-order valence-electron chi connectivity index (χ0n) is 20.1. The van der Waals surface area contributed by atoms with Gasteiger partial charge in [-0.3, -0.25) is 0 Å². The van der Waals surface area contributed by atoms with Crippen molar-refractivity contribution >= 4 is 11.8 Å². The van der Waals surface area contributed by atoms with Crippen LogP contribution in [0.5, 0.6) is 0 Å². The molecule has 4 heteroatoms. The summed E-state index contributed by atoms with van der Waals surface area (Å²) in [7, 11) is 0. The number of benzene rings is 2. The number of ether oxygens (including phenoxy) is 1. The van der Waals surface area contributed by atoms with E-state index in [2.05, 4.69) is 76.5 Å². The van der Waals surface area contributed by atoms with Crippen LogP contribution >= 0.6 is 0 Å². The number of nitriles is 1. The van der Waals surface area contributed by atoms with Gasteiger partial charge < -0.3 is 9.64 Å². The lowest BCUT2D eigenvalue weighted by Gasteiger charge is -2.35. The lowest BCUT2D eigenvalue weighted by atomic mass is 9.88. The summed E-state index contributed by atoms with van der Waals surface area (Å²) in [5.41, 5.74) is 4.58. The first-order valence-electron chi connectivity index (χ1n) is 12.7. The van der Waals surface area contributed by atoms with Crippen LogP contribution in [0.2, 0.25) is 0 Å². The molecule has 0 aromatic heterocycles. The molecule has 2 heterocycles. The van der Waals surface area contributed by atoms with Gasteiger partial charge in [0.1, 0.15) is 11.4 Å². The minimum atomic E-state index is -0.258. The van der Waals surface area contributed by atoms with E-state index in [1.54, 1.807) is 0 Å². The van der Waals surface area contributed by atoms with E-state index in [-0.39, 0.29) is 11.3 Å². The normalized spacial score (nSPS) is 21.3. The summed E-state index contributed by atoms with van der Waals surface area (Å²) in [6, 6.07) is 21.7. The van der Waals surface area contributed by atoms with Crippen LogP contribution in [0.1, 0.15) is 62.0 Å². The summed E-state index contributed by atoms with van der Waals surface area (Å²) in [5, 5.41) is 9.40. The van der Waals surface area contributed by atoms with Crippen molar-refractivity contribution in [2.45, 2.75) is 56.5 Å². The first kappa shape index (κ1) is 23.0. The highest BCUT2D eigenvalue weighted by Crippen LogP contribution is 2.44. The quantitative estimate of drug-likeness (QED) is 0.352. The molecule has 1 saturated heterocycles. The molecule has 2 aliphatic heterocycles. The summed E-state index contributed by atoms with van der Waals surface area (Å²) in [6.07, 6.45) is 13.2. The molecule has 0 bridgehead atoms. The highest BCUT2D eigenvalue weighted by molar-refractivity contribution is 5.58. The molecule has 0 unspecified atom stereocenters. The largest absolute Gasteiger partial charge is 0.487 e. The smallest absolute Gasteiger partial charge is 0.265 e. The number of hydrogen-bond acceptors (Lipinski definition) is 3. The molecule has 35 heavy (non-hydrogen) atoms. The summed E-state index contributed by atoms with van der Waals surface area (Å²) >= 11 is 0. The predicted molar refractivity (Wildman–Crippen MR) is 140 cm³/mol. The van der Waals surface area contributed by atoms with Crippen LogP contribution in [0.4, 0.5) is 5.69 Å². The molecule has 4 nitrogen and oxygen atoms in total. The Labute approximate surface area is 208 Å². The van der Waals surface area contributed by atoms with Gasteiger partial charge >= 0.3 is 0 Å². The van der Waals surface area contributed by atoms with E-state index in [1.807, 2.05) is 12.2 Å². The standard InChI is InChI=1S/C31H31N3O/c1-33-30(23-32)27-21-29(35-31(22-27)17-5-6-18-31)14-11-24-9-12-28(13-10-24)34-19-15-26(16-20-34)25-7-3-2-4-8-25/h2-4,7-14,21,26H,5-6,15-20,22H2/b14-11+,30-27+. The monoisotopic (exact) mass is 461 g/mol. The zero-order chi connectivity index (χ0) is 24.1. The molecule has 2 fully saturated rings. The van der Waals surface area contributed by atoms with Crippen molar-refractivity contribution in [2.75, 3.05) is 18.0 Å². The first-order chi connectivity index (χ1) is 17.2. The minimum absolute atomic E-state index is 0.186. The van der Waals surface area contributed by atoms with Crippen molar-refractivity contribution in [3.05, 3.63) is 106 Å². The molecule has 3 aliphatic rings. The maximum Gasteiger partial charge on any atom is 0.265 e. The Balaban J connectivity index is 1.26. The molecule has 2 aromatic carbocycles. The van der Waals surface area contributed by atoms with Gasteiger partial charge in [-0.25, -0.2) is 10.1 Å². The van der Waals surface area contributed by atoms with Crippen molar-refractivity contribution in [1.82, 2.24) is 0 Å². The van der Waals surface area contributed by atoms with Gasteiger partial charge in [-0.05, 0) is 85.4 Å². The Bertz CT molecular complexity index is 1190. The van der Waals surface area contributed by atoms with Crippen LogP contribution in [-0.4, -0.2) is 18.7 Å². The van der Waals surface area contributed by atoms with Gasteiger partial charge in [0.25, 0.3) is 5.70 Å². The fourth-order valence-electron chi connectivity index (χ4n) is 5.76. The van der Waals surface area contributed by atoms with Crippen molar-refractivity contribution in [3.8, 4) is 6.07 Å². The van der Waals surface area contributed by atoms with Crippen LogP contribution in [0.3, 0.4) is 0 Å². The van der Waals surface area contributed by atoms with E-state index in [0.717, 1.165) is 55.7 Å². The number of rotatable bonds is 4. The molecule has 0 atom stereocenters.